The van der Waals surface area contributed by atoms with Crippen molar-refractivity contribution in [3.63, 3.8) is 0 Å². The molecule has 0 bridgehead atoms. The molecule has 0 aromatic heterocycles. The van der Waals surface area contributed by atoms with Gasteiger partial charge in [0.1, 0.15) is 0 Å². The number of rotatable bonds is 6. The zero-order valence-electron chi connectivity index (χ0n) is 16.3. The summed E-state index contributed by atoms with van der Waals surface area (Å²) < 4.78 is 5.70. The number of halogens is 1. The van der Waals surface area contributed by atoms with Crippen molar-refractivity contribution in [2.24, 2.45) is 11.8 Å². The second-order valence-corrected chi connectivity index (χ2v) is 8.96. The third-order valence-electron chi connectivity index (χ3n) is 6.76. The van der Waals surface area contributed by atoms with Gasteiger partial charge < -0.3 is 15.4 Å². The number of likely N-dealkylation sites (tertiary alicyclic amines) is 1. The maximum Gasteiger partial charge on any atom is 0.0623 e. The molecule has 2 heterocycles. The van der Waals surface area contributed by atoms with Gasteiger partial charge in [-0.3, -0.25) is 4.90 Å². The minimum atomic E-state index is 0.552. The van der Waals surface area contributed by atoms with Crippen LogP contribution in [0, 0.1) is 11.8 Å². The Bertz CT molecular complexity index is 585. The fraction of sp³-hybridized carbons (Fsp3) is 0.727. The zero-order valence-corrected chi connectivity index (χ0v) is 17.1. The van der Waals surface area contributed by atoms with Gasteiger partial charge in [0.15, 0.2) is 0 Å². The minimum absolute atomic E-state index is 0.552. The van der Waals surface area contributed by atoms with Crippen LogP contribution in [0.1, 0.15) is 37.7 Å². The van der Waals surface area contributed by atoms with E-state index in [1.54, 1.807) is 0 Å². The van der Waals surface area contributed by atoms with E-state index in [-0.39, 0.29) is 0 Å². The van der Waals surface area contributed by atoms with Gasteiger partial charge in [-0.25, -0.2) is 0 Å². The second kappa shape index (κ2) is 9.71. The van der Waals surface area contributed by atoms with Crippen LogP contribution < -0.4 is 10.6 Å². The number of hydrogen-bond acceptors (Lipinski definition) is 4. The molecule has 0 radical (unpaired) electrons. The molecule has 0 amide bonds. The molecule has 4 rings (SSSR count). The third kappa shape index (κ3) is 5.24. The average Bonchev–Trinajstić information content (AvgIpc) is 3.18. The lowest BCUT2D eigenvalue weighted by atomic mass is 9.92. The fourth-order valence-corrected chi connectivity index (χ4v) is 5.31. The van der Waals surface area contributed by atoms with Gasteiger partial charge in [-0.15, -0.1) is 0 Å². The van der Waals surface area contributed by atoms with E-state index in [2.05, 4.69) is 27.7 Å². The lowest BCUT2D eigenvalue weighted by Crippen LogP contribution is -2.51. The monoisotopic (exact) mass is 391 g/mol. The maximum absolute atomic E-state index is 6.32. The van der Waals surface area contributed by atoms with E-state index in [1.807, 2.05) is 12.1 Å². The molecule has 3 aliphatic rings. The summed E-state index contributed by atoms with van der Waals surface area (Å²) in [7, 11) is 0. The van der Waals surface area contributed by atoms with E-state index in [9.17, 15) is 0 Å². The average molecular weight is 392 g/mol. The highest BCUT2D eigenvalue weighted by atomic mass is 35.5. The smallest absolute Gasteiger partial charge is 0.0623 e. The molecule has 4 nitrogen and oxygen atoms in total. The molecule has 0 spiro atoms. The number of piperidine rings is 1. The van der Waals surface area contributed by atoms with Crippen LogP contribution in [0.25, 0.3) is 0 Å². The Kier molecular flexibility index (Phi) is 7.07. The third-order valence-corrected chi connectivity index (χ3v) is 7.13. The predicted octanol–water partition coefficient (Wildman–Crippen LogP) is 3.30. The number of morpholine rings is 1. The van der Waals surface area contributed by atoms with Crippen molar-refractivity contribution in [1.29, 1.82) is 0 Å². The Morgan fingerprint density at radius 1 is 1.15 bits per heavy atom. The van der Waals surface area contributed by atoms with Crippen LogP contribution in [0.3, 0.4) is 0 Å². The Labute approximate surface area is 169 Å². The number of benzene rings is 1. The maximum atomic E-state index is 6.32. The van der Waals surface area contributed by atoms with Crippen molar-refractivity contribution >= 4 is 11.6 Å². The van der Waals surface area contributed by atoms with Crippen molar-refractivity contribution in [1.82, 2.24) is 15.5 Å². The molecule has 3 atom stereocenters. The molecule has 1 aliphatic carbocycles. The van der Waals surface area contributed by atoms with Crippen molar-refractivity contribution in [3.05, 3.63) is 34.9 Å². The Morgan fingerprint density at radius 3 is 2.78 bits per heavy atom. The number of nitrogens with zero attached hydrogens (tertiary/aromatic N) is 1. The second-order valence-electron chi connectivity index (χ2n) is 8.56. The molecule has 27 heavy (non-hydrogen) atoms. The van der Waals surface area contributed by atoms with Gasteiger partial charge in [0.2, 0.25) is 0 Å². The van der Waals surface area contributed by atoms with Crippen LogP contribution in [0.4, 0.5) is 0 Å². The van der Waals surface area contributed by atoms with Crippen molar-refractivity contribution in [2.45, 2.75) is 50.7 Å². The lowest BCUT2D eigenvalue weighted by Gasteiger charge is -2.35. The van der Waals surface area contributed by atoms with E-state index >= 15 is 0 Å². The van der Waals surface area contributed by atoms with Crippen LogP contribution in [0.15, 0.2) is 24.3 Å². The molecule has 2 saturated heterocycles. The summed E-state index contributed by atoms with van der Waals surface area (Å²) >= 11 is 6.32. The van der Waals surface area contributed by atoms with Gasteiger partial charge in [0.25, 0.3) is 0 Å². The molecule has 1 aromatic carbocycles. The molecule has 1 saturated carbocycles. The van der Waals surface area contributed by atoms with Crippen molar-refractivity contribution in [2.75, 3.05) is 39.4 Å². The van der Waals surface area contributed by atoms with E-state index < -0.39 is 0 Å². The van der Waals surface area contributed by atoms with E-state index in [4.69, 9.17) is 16.3 Å². The van der Waals surface area contributed by atoms with E-state index in [0.29, 0.717) is 12.1 Å². The summed E-state index contributed by atoms with van der Waals surface area (Å²) in [6, 6.07) is 9.47. The van der Waals surface area contributed by atoms with Crippen LogP contribution in [0.5, 0.6) is 0 Å². The minimum Gasteiger partial charge on any atom is -0.379 e. The van der Waals surface area contributed by atoms with E-state index in [0.717, 1.165) is 43.2 Å². The summed E-state index contributed by atoms with van der Waals surface area (Å²) in [4.78, 5) is 2.55. The highest BCUT2D eigenvalue weighted by molar-refractivity contribution is 6.31. The number of hydrogen-bond donors (Lipinski definition) is 2. The van der Waals surface area contributed by atoms with Crippen LogP contribution in [-0.4, -0.2) is 56.4 Å². The quantitative estimate of drug-likeness (QED) is 0.780. The molecule has 2 aliphatic heterocycles. The number of nitrogens with one attached hydrogen (secondary N) is 2. The van der Waals surface area contributed by atoms with Gasteiger partial charge in [0, 0.05) is 30.2 Å². The summed E-state index contributed by atoms with van der Waals surface area (Å²) in [5.74, 6) is 1.55. The van der Waals surface area contributed by atoms with Gasteiger partial charge in [0.05, 0.1) is 13.2 Å². The van der Waals surface area contributed by atoms with Gasteiger partial charge >= 0.3 is 0 Å². The molecule has 5 heteroatoms. The van der Waals surface area contributed by atoms with Gasteiger partial charge in [-0.2, -0.15) is 0 Å². The SMILES string of the molecule is Clc1ccccc1CN1CCC(CNC2CCCC2C2COCCN2)CC1. The molecule has 2 N–H and O–H groups in total. The molecule has 3 unspecified atom stereocenters. The molecule has 1 aromatic rings. The topological polar surface area (TPSA) is 36.5 Å². The van der Waals surface area contributed by atoms with E-state index in [1.165, 1.54) is 57.3 Å². The summed E-state index contributed by atoms with van der Waals surface area (Å²) in [6.45, 7) is 7.30. The molecular formula is C22H34ClN3O. The standard InChI is InChI=1S/C22H34ClN3O/c23-20-6-2-1-4-18(20)15-26-11-8-17(9-12-26)14-25-21-7-3-5-19(21)22-16-27-13-10-24-22/h1-2,4,6,17,19,21-22,24-25H,3,5,7-16H2. The molecular weight excluding hydrogens is 358 g/mol. The first-order valence-electron chi connectivity index (χ1n) is 10.8. The Balaban J connectivity index is 1.20. The Morgan fingerprint density at radius 2 is 2.00 bits per heavy atom. The fourth-order valence-electron chi connectivity index (χ4n) is 5.12. The van der Waals surface area contributed by atoms with Crippen LogP contribution >= 0.6 is 11.6 Å². The highest BCUT2D eigenvalue weighted by Crippen LogP contribution is 2.30. The largest absolute Gasteiger partial charge is 0.379 e. The first-order valence-corrected chi connectivity index (χ1v) is 11.2. The van der Waals surface area contributed by atoms with Crippen LogP contribution in [-0.2, 0) is 11.3 Å². The molecule has 3 fully saturated rings. The highest BCUT2D eigenvalue weighted by Gasteiger charge is 2.34. The summed E-state index contributed by atoms with van der Waals surface area (Å²) in [6.07, 6.45) is 6.61. The Hall–Kier alpha value is -0.650. The normalized spacial score (nSPS) is 30.6. The van der Waals surface area contributed by atoms with Crippen LogP contribution in [0.2, 0.25) is 5.02 Å². The zero-order chi connectivity index (χ0) is 18.5. The molecule has 150 valence electrons. The van der Waals surface area contributed by atoms with Gasteiger partial charge in [-0.05, 0) is 68.8 Å². The number of ether oxygens (including phenoxy) is 1. The van der Waals surface area contributed by atoms with Gasteiger partial charge in [-0.1, -0.05) is 36.2 Å². The summed E-state index contributed by atoms with van der Waals surface area (Å²) in [5.41, 5.74) is 1.26. The first-order chi connectivity index (χ1) is 13.3. The predicted molar refractivity (Wildman–Crippen MR) is 111 cm³/mol. The first kappa shape index (κ1) is 19.7. The lowest BCUT2D eigenvalue weighted by molar-refractivity contribution is 0.0519. The van der Waals surface area contributed by atoms with Crippen molar-refractivity contribution in [3.8, 4) is 0 Å². The summed E-state index contributed by atoms with van der Waals surface area (Å²) in [5, 5.41) is 8.51. The van der Waals surface area contributed by atoms with Crippen molar-refractivity contribution < 1.29 is 4.74 Å².